The highest BCUT2D eigenvalue weighted by Crippen LogP contribution is 2.31. The van der Waals surface area contributed by atoms with Crippen molar-refractivity contribution in [2.75, 3.05) is 0 Å². The Morgan fingerprint density at radius 1 is 1.29 bits per heavy atom. The number of phenols is 1. The van der Waals surface area contributed by atoms with Crippen LogP contribution in [0.2, 0.25) is 0 Å². The Labute approximate surface area is 100 Å². The van der Waals surface area contributed by atoms with E-state index in [4.69, 9.17) is 10.8 Å². The van der Waals surface area contributed by atoms with Crippen LogP contribution in [0.1, 0.15) is 29.5 Å². The van der Waals surface area contributed by atoms with Gasteiger partial charge in [0, 0.05) is 0 Å². The lowest BCUT2D eigenvalue weighted by atomic mass is 9.85. The van der Waals surface area contributed by atoms with Gasteiger partial charge in [-0.15, -0.1) is 0 Å². The van der Waals surface area contributed by atoms with Crippen molar-refractivity contribution >= 4 is 5.97 Å². The molecular weight excluding hydrogens is 218 g/mol. The van der Waals surface area contributed by atoms with Crippen molar-refractivity contribution in [3.63, 3.8) is 0 Å². The van der Waals surface area contributed by atoms with E-state index in [0.29, 0.717) is 12.2 Å². The molecule has 4 heteroatoms. The van der Waals surface area contributed by atoms with Crippen molar-refractivity contribution in [2.45, 2.75) is 38.1 Å². The Balaban J connectivity index is 2.32. The number of hydrogen-bond donors (Lipinski definition) is 3. The smallest absolute Gasteiger partial charge is 0.320 e. The molecule has 4 nitrogen and oxygen atoms in total. The second-order valence-corrected chi connectivity index (χ2v) is 4.56. The molecule has 0 radical (unpaired) electrons. The van der Waals surface area contributed by atoms with Crippen LogP contribution in [0, 0.1) is 0 Å². The average Bonchev–Trinajstić information content (AvgIpc) is 2.33. The van der Waals surface area contributed by atoms with E-state index < -0.39 is 12.0 Å². The number of benzene rings is 1. The SMILES string of the molecule is NC(Cc1ccc(O)c2c1CCCC2)C(=O)O. The number of hydrogen-bond acceptors (Lipinski definition) is 3. The van der Waals surface area contributed by atoms with Gasteiger partial charge in [-0.25, -0.2) is 0 Å². The number of carbonyl (C=O) groups is 1. The third-order valence-corrected chi connectivity index (χ3v) is 3.36. The van der Waals surface area contributed by atoms with Gasteiger partial charge in [-0.05, 0) is 54.9 Å². The molecule has 0 aromatic heterocycles. The van der Waals surface area contributed by atoms with Gasteiger partial charge in [-0.2, -0.15) is 0 Å². The fourth-order valence-corrected chi connectivity index (χ4v) is 2.44. The van der Waals surface area contributed by atoms with Crippen LogP contribution in [-0.4, -0.2) is 22.2 Å². The second-order valence-electron chi connectivity index (χ2n) is 4.56. The highest BCUT2D eigenvalue weighted by atomic mass is 16.4. The van der Waals surface area contributed by atoms with Crippen LogP contribution in [0.4, 0.5) is 0 Å². The van der Waals surface area contributed by atoms with E-state index in [2.05, 4.69) is 0 Å². The first kappa shape index (κ1) is 11.9. The van der Waals surface area contributed by atoms with Crippen molar-refractivity contribution in [2.24, 2.45) is 5.73 Å². The van der Waals surface area contributed by atoms with Gasteiger partial charge in [-0.1, -0.05) is 6.07 Å². The standard InChI is InChI=1S/C13H17NO3/c14-11(13(16)17)7-8-5-6-12(15)10-4-2-1-3-9(8)10/h5-6,11,15H,1-4,7,14H2,(H,16,17). The molecule has 92 valence electrons. The van der Waals surface area contributed by atoms with Crippen LogP contribution in [0.3, 0.4) is 0 Å². The quantitative estimate of drug-likeness (QED) is 0.735. The van der Waals surface area contributed by atoms with E-state index in [1.165, 1.54) is 0 Å². The molecule has 1 unspecified atom stereocenters. The van der Waals surface area contributed by atoms with Gasteiger partial charge in [0.25, 0.3) is 0 Å². The van der Waals surface area contributed by atoms with Gasteiger partial charge in [0.2, 0.25) is 0 Å². The number of phenolic OH excluding ortho intramolecular Hbond substituents is 1. The summed E-state index contributed by atoms with van der Waals surface area (Å²) in [5.41, 5.74) is 8.61. The summed E-state index contributed by atoms with van der Waals surface area (Å²) in [5.74, 6) is -0.657. The predicted octanol–water partition coefficient (Wildman–Crippen LogP) is 1.23. The Kier molecular flexibility index (Phi) is 3.33. The predicted molar refractivity (Wildman–Crippen MR) is 64.1 cm³/mol. The van der Waals surface area contributed by atoms with E-state index in [-0.39, 0.29) is 0 Å². The zero-order chi connectivity index (χ0) is 12.4. The summed E-state index contributed by atoms with van der Waals surface area (Å²) in [5, 5.41) is 18.6. The molecule has 1 atom stereocenters. The Bertz CT molecular complexity index is 443. The van der Waals surface area contributed by atoms with Crippen LogP contribution >= 0.6 is 0 Å². The molecule has 0 bridgehead atoms. The monoisotopic (exact) mass is 235 g/mol. The van der Waals surface area contributed by atoms with Crippen LogP contribution < -0.4 is 5.73 Å². The van der Waals surface area contributed by atoms with Crippen molar-refractivity contribution < 1.29 is 15.0 Å². The first-order chi connectivity index (χ1) is 8.09. The van der Waals surface area contributed by atoms with Gasteiger partial charge in [0.1, 0.15) is 11.8 Å². The molecule has 0 spiro atoms. The molecule has 1 aromatic carbocycles. The van der Waals surface area contributed by atoms with Gasteiger partial charge in [-0.3, -0.25) is 4.79 Å². The normalized spacial score (nSPS) is 16.3. The number of fused-ring (bicyclic) bond motifs is 1. The molecule has 1 aliphatic carbocycles. The third kappa shape index (κ3) is 2.42. The van der Waals surface area contributed by atoms with Crippen molar-refractivity contribution in [3.05, 3.63) is 28.8 Å². The Morgan fingerprint density at radius 3 is 2.59 bits per heavy atom. The lowest BCUT2D eigenvalue weighted by Gasteiger charge is -2.21. The zero-order valence-electron chi connectivity index (χ0n) is 9.65. The molecule has 0 saturated carbocycles. The molecule has 0 fully saturated rings. The fraction of sp³-hybridized carbons (Fsp3) is 0.462. The summed E-state index contributed by atoms with van der Waals surface area (Å²) in [6.45, 7) is 0. The lowest BCUT2D eigenvalue weighted by molar-refractivity contribution is -0.138. The molecule has 17 heavy (non-hydrogen) atoms. The molecule has 4 N–H and O–H groups in total. The zero-order valence-corrected chi connectivity index (χ0v) is 9.65. The maximum atomic E-state index is 10.8. The highest BCUT2D eigenvalue weighted by Gasteiger charge is 2.20. The van der Waals surface area contributed by atoms with Gasteiger partial charge < -0.3 is 15.9 Å². The van der Waals surface area contributed by atoms with Crippen LogP contribution in [0.25, 0.3) is 0 Å². The molecule has 0 amide bonds. The van der Waals surface area contributed by atoms with Crippen LogP contribution in [-0.2, 0) is 24.1 Å². The lowest BCUT2D eigenvalue weighted by Crippen LogP contribution is -2.32. The number of carboxylic acids is 1. The Morgan fingerprint density at radius 2 is 1.94 bits per heavy atom. The molecular formula is C13H17NO3. The number of aromatic hydroxyl groups is 1. The van der Waals surface area contributed by atoms with E-state index in [0.717, 1.165) is 42.4 Å². The van der Waals surface area contributed by atoms with E-state index >= 15 is 0 Å². The summed E-state index contributed by atoms with van der Waals surface area (Å²) < 4.78 is 0. The largest absolute Gasteiger partial charge is 0.508 e. The first-order valence-corrected chi connectivity index (χ1v) is 5.90. The minimum atomic E-state index is -0.984. The summed E-state index contributed by atoms with van der Waals surface area (Å²) in [6.07, 6.45) is 4.28. The third-order valence-electron chi connectivity index (χ3n) is 3.36. The molecule has 0 heterocycles. The number of carboxylic acid groups (broad SMARTS) is 1. The van der Waals surface area contributed by atoms with Gasteiger partial charge >= 0.3 is 5.97 Å². The minimum Gasteiger partial charge on any atom is -0.508 e. The van der Waals surface area contributed by atoms with E-state index in [9.17, 15) is 9.90 Å². The number of nitrogens with two attached hydrogens (primary N) is 1. The molecule has 0 saturated heterocycles. The van der Waals surface area contributed by atoms with Crippen LogP contribution in [0.15, 0.2) is 12.1 Å². The topological polar surface area (TPSA) is 83.5 Å². The molecule has 2 rings (SSSR count). The highest BCUT2D eigenvalue weighted by molar-refractivity contribution is 5.73. The maximum absolute atomic E-state index is 10.8. The van der Waals surface area contributed by atoms with Gasteiger partial charge in [0.05, 0.1) is 0 Å². The van der Waals surface area contributed by atoms with E-state index in [1.54, 1.807) is 12.1 Å². The molecule has 1 aromatic rings. The van der Waals surface area contributed by atoms with Crippen LogP contribution in [0.5, 0.6) is 5.75 Å². The minimum absolute atomic E-state index is 0.326. The maximum Gasteiger partial charge on any atom is 0.320 e. The summed E-state index contributed by atoms with van der Waals surface area (Å²) in [7, 11) is 0. The van der Waals surface area contributed by atoms with E-state index in [1.807, 2.05) is 0 Å². The fourth-order valence-electron chi connectivity index (χ4n) is 2.44. The Hall–Kier alpha value is -1.55. The van der Waals surface area contributed by atoms with Crippen molar-refractivity contribution in [1.82, 2.24) is 0 Å². The first-order valence-electron chi connectivity index (χ1n) is 5.90. The van der Waals surface area contributed by atoms with Gasteiger partial charge in [0.15, 0.2) is 0 Å². The summed E-state index contributed by atoms with van der Waals surface area (Å²) in [4.78, 5) is 10.8. The number of rotatable bonds is 3. The summed E-state index contributed by atoms with van der Waals surface area (Å²) in [6, 6.07) is 2.57. The molecule has 0 aliphatic heterocycles. The van der Waals surface area contributed by atoms with Crippen molar-refractivity contribution in [1.29, 1.82) is 0 Å². The second kappa shape index (κ2) is 4.75. The summed E-state index contributed by atoms with van der Waals surface area (Å²) >= 11 is 0. The average molecular weight is 235 g/mol. The van der Waals surface area contributed by atoms with Crippen molar-refractivity contribution in [3.8, 4) is 5.75 Å². The number of aliphatic carboxylic acids is 1. The molecule has 1 aliphatic rings.